The van der Waals surface area contributed by atoms with Gasteiger partial charge in [-0.25, -0.2) is 0 Å². The van der Waals surface area contributed by atoms with Crippen LogP contribution in [0, 0.1) is 13.8 Å². The largest absolute Gasteiger partial charge is 0.497 e. The van der Waals surface area contributed by atoms with Crippen LogP contribution in [0.3, 0.4) is 0 Å². The van der Waals surface area contributed by atoms with Crippen molar-refractivity contribution in [2.75, 3.05) is 13.7 Å². The summed E-state index contributed by atoms with van der Waals surface area (Å²) < 4.78 is 5.19. The number of thiophene rings is 1. The van der Waals surface area contributed by atoms with Crippen molar-refractivity contribution < 1.29 is 9.84 Å². The fraction of sp³-hybridized carbons (Fsp3) is 0.412. The first kappa shape index (κ1) is 16.0. The third kappa shape index (κ3) is 4.06. The number of benzene rings is 1. The molecule has 0 aliphatic carbocycles. The number of aryl methyl sites for hydroxylation is 2. The zero-order chi connectivity index (χ0) is 15.4. The Balaban J connectivity index is 1.97. The van der Waals surface area contributed by atoms with Gasteiger partial charge in [0.15, 0.2) is 0 Å². The van der Waals surface area contributed by atoms with Crippen LogP contribution in [-0.2, 0) is 0 Å². The molecule has 0 bridgehead atoms. The monoisotopic (exact) mass is 305 g/mol. The average molecular weight is 305 g/mol. The molecule has 1 aromatic carbocycles. The van der Waals surface area contributed by atoms with Gasteiger partial charge in [0, 0.05) is 22.3 Å². The fourth-order valence-corrected chi connectivity index (χ4v) is 3.47. The van der Waals surface area contributed by atoms with Gasteiger partial charge in [-0.2, -0.15) is 0 Å². The Labute approximate surface area is 130 Å². The summed E-state index contributed by atoms with van der Waals surface area (Å²) in [5, 5.41) is 13.7. The second kappa shape index (κ2) is 7.07. The lowest BCUT2D eigenvalue weighted by Crippen LogP contribution is -2.24. The number of rotatable bonds is 6. The summed E-state index contributed by atoms with van der Waals surface area (Å²) in [5.41, 5.74) is 2.18. The van der Waals surface area contributed by atoms with E-state index in [1.54, 1.807) is 7.11 Å². The first-order valence-electron chi connectivity index (χ1n) is 7.13. The Hall–Kier alpha value is -1.36. The molecule has 0 spiro atoms. The zero-order valence-electron chi connectivity index (χ0n) is 13.0. The summed E-state index contributed by atoms with van der Waals surface area (Å²) in [4.78, 5) is 2.66. The summed E-state index contributed by atoms with van der Waals surface area (Å²) in [6, 6.07) is 10.0. The average Bonchev–Trinajstić information content (AvgIpc) is 2.83. The Morgan fingerprint density at radius 3 is 2.67 bits per heavy atom. The van der Waals surface area contributed by atoms with Crippen LogP contribution in [0.4, 0.5) is 0 Å². The number of hydrogen-bond donors (Lipinski definition) is 2. The van der Waals surface area contributed by atoms with Gasteiger partial charge in [0.05, 0.1) is 13.2 Å². The van der Waals surface area contributed by atoms with E-state index in [9.17, 15) is 5.11 Å². The van der Waals surface area contributed by atoms with Crippen LogP contribution in [0.2, 0.25) is 0 Å². The molecule has 0 fully saturated rings. The normalized spacial score (nSPS) is 14.0. The molecule has 2 aromatic rings. The standard InChI is InChI=1S/C17H23NO2S/c1-11-8-16(13(3)21-11)12(2)18-10-17(19)14-6-5-7-15(9-14)20-4/h5-9,12,17-19H,10H2,1-4H3. The van der Waals surface area contributed by atoms with Gasteiger partial charge in [0.2, 0.25) is 0 Å². The molecule has 0 aliphatic heterocycles. The quantitative estimate of drug-likeness (QED) is 0.854. The highest BCUT2D eigenvalue weighted by Gasteiger charge is 2.14. The summed E-state index contributed by atoms with van der Waals surface area (Å²) in [6.07, 6.45) is -0.539. The lowest BCUT2D eigenvalue weighted by molar-refractivity contribution is 0.170. The van der Waals surface area contributed by atoms with Gasteiger partial charge in [0.1, 0.15) is 5.75 Å². The smallest absolute Gasteiger partial charge is 0.119 e. The van der Waals surface area contributed by atoms with Crippen molar-refractivity contribution in [2.24, 2.45) is 0 Å². The van der Waals surface area contributed by atoms with Crippen molar-refractivity contribution in [3.05, 3.63) is 51.2 Å². The Bertz CT molecular complexity index is 594. The number of hydrogen-bond acceptors (Lipinski definition) is 4. The van der Waals surface area contributed by atoms with Gasteiger partial charge < -0.3 is 15.2 Å². The molecule has 0 saturated heterocycles. The highest BCUT2D eigenvalue weighted by Crippen LogP contribution is 2.26. The summed E-state index contributed by atoms with van der Waals surface area (Å²) in [6.45, 7) is 6.91. The molecule has 2 N–H and O–H groups in total. The van der Waals surface area contributed by atoms with Crippen molar-refractivity contribution >= 4 is 11.3 Å². The van der Waals surface area contributed by atoms with Gasteiger partial charge in [-0.15, -0.1) is 11.3 Å². The van der Waals surface area contributed by atoms with E-state index in [0.717, 1.165) is 11.3 Å². The zero-order valence-corrected chi connectivity index (χ0v) is 13.8. The van der Waals surface area contributed by atoms with E-state index in [0.29, 0.717) is 6.54 Å². The summed E-state index contributed by atoms with van der Waals surface area (Å²) in [7, 11) is 1.63. The minimum Gasteiger partial charge on any atom is -0.497 e. The second-order valence-electron chi connectivity index (χ2n) is 5.29. The molecule has 0 saturated carbocycles. The van der Waals surface area contributed by atoms with E-state index in [2.05, 4.69) is 32.2 Å². The molecule has 0 aliphatic rings. The lowest BCUT2D eigenvalue weighted by Gasteiger charge is -2.18. The minimum atomic E-state index is -0.539. The fourth-order valence-electron chi connectivity index (χ4n) is 2.45. The van der Waals surface area contributed by atoms with Crippen LogP contribution in [0.15, 0.2) is 30.3 Å². The van der Waals surface area contributed by atoms with Gasteiger partial charge >= 0.3 is 0 Å². The molecular weight excluding hydrogens is 282 g/mol. The maximum absolute atomic E-state index is 10.3. The van der Waals surface area contributed by atoms with Crippen LogP contribution in [-0.4, -0.2) is 18.8 Å². The molecule has 2 atom stereocenters. The summed E-state index contributed by atoms with van der Waals surface area (Å²) in [5.74, 6) is 0.768. The molecule has 114 valence electrons. The molecule has 1 aromatic heterocycles. The van der Waals surface area contributed by atoms with E-state index in [1.807, 2.05) is 35.6 Å². The topological polar surface area (TPSA) is 41.5 Å². The number of nitrogens with one attached hydrogen (secondary N) is 1. The Kier molecular flexibility index (Phi) is 5.39. The van der Waals surface area contributed by atoms with E-state index < -0.39 is 6.10 Å². The van der Waals surface area contributed by atoms with Crippen molar-refractivity contribution in [3.8, 4) is 5.75 Å². The van der Waals surface area contributed by atoms with Crippen molar-refractivity contribution in [1.29, 1.82) is 0 Å². The molecule has 21 heavy (non-hydrogen) atoms. The van der Waals surface area contributed by atoms with Gasteiger partial charge in [-0.1, -0.05) is 12.1 Å². The van der Waals surface area contributed by atoms with Crippen LogP contribution in [0.25, 0.3) is 0 Å². The van der Waals surface area contributed by atoms with Crippen LogP contribution >= 0.6 is 11.3 Å². The molecule has 2 unspecified atom stereocenters. The van der Waals surface area contributed by atoms with Crippen LogP contribution in [0.1, 0.15) is 40.0 Å². The second-order valence-corrected chi connectivity index (χ2v) is 6.75. The van der Waals surface area contributed by atoms with Gasteiger partial charge in [-0.05, 0) is 50.1 Å². The van der Waals surface area contributed by atoms with Gasteiger partial charge in [0.25, 0.3) is 0 Å². The van der Waals surface area contributed by atoms with Crippen molar-refractivity contribution in [1.82, 2.24) is 5.32 Å². The molecule has 3 nitrogen and oxygen atoms in total. The Morgan fingerprint density at radius 1 is 1.29 bits per heavy atom. The number of ether oxygens (including phenoxy) is 1. The number of aliphatic hydroxyl groups is 1. The van der Waals surface area contributed by atoms with Crippen molar-refractivity contribution in [3.63, 3.8) is 0 Å². The SMILES string of the molecule is COc1cccc(C(O)CNC(C)c2cc(C)sc2C)c1. The van der Waals surface area contributed by atoms with Gasteiger partial charge in [-0.3, -0.25) is 0 Å². The van der Waals surface area contributed by atoms with E-state index >= 15 is 0 Å². The predicted octanol–water partition coefficient (Wildman–Crippen LogP) is 3.76. The first-order valence-corrected chi connectivity index (χ1v) is 7.95. The maximum atomic E-state index is 10.3. The molecule has 2 rings (SSSR count). The summed E-state index contributed by atoms with van der Waals surface area (Å²) >= 11 is 1.81. The highest BCUT2D eigenvalue weighted by molar-refractivity contribution is 7.12. The van der Waals surface area contributed by atoms with E-state index in [-0.39, 0.29) is 6.04 Å². The third-order valence-electron chi connectivity index (χ3n) is 3.64. The third-order valence-corrected chi connectivity index (χ3v) is 4.62. The van der Waals surface area contributed by atoms with Crippen molar-refractivity contribution in [2.45, 2.75) is 32.9 Å². The molecular formula is C17H23NO2S. The number of aliphatic hydroxyl groups excluding tert-OH is 1. The number of methoxy groups -OCH3 is 1. The van der Waals surface area contributed by atoms with Crippen LogP contribution < -0.4 is 10.1 Å². The van der Waals surface area contributed by atoms with Crippen LogP contribution in [0.5, 0.6) is 5.75 Å². The Morgan fingerprint density at radius 2 is 2.05 bits per heavy atom. The molecule has 4 heteroatoms. The molecule has 0 amide bonds. The molecule has 1 heterocycles. The minimum absolute atomic E-state index is 0.232. The van der Waals surface area contributed by atoms with E-state index in [1.165, 1.54) is 15.3 Å². The lowest BCUT2D eigenvalue weighted by atomic mass is 10.1. The highest BCUT2D eigenvalue weighted by atomic mass is 32.1. The molecule has 0 radical (unpaired) electrons. The maximum Gasteiger partial charge on any atom is 0.119 e. The predicted molar refractivity (Wildman–Crippen MR) is 88.2 cm³/mol. The first-order chi connectivity index (χ1) is 10.0. The van der Waals surface area contributed by atoms with E-state index in [4.69, 9.17) is 4.74 Å².